The number of aromatic nitrogens is 4. The smallest absolute Gasteiger partial charge is 0.268 e. The van der Waals surface area contributed by atoms with Gasteiger partial charge in [0.2, 0.25) is 5.95 Å². The number of hydrogen-bond donors (Lipinski definition) is 1. The maximum absolute atomic E-state index is 11.8. The van der Waals surface area contributed by atoms with Gasteiger partial charge in [-0.15, -0.1) is 0 Å². The average Bonchev–Trinajstić information content (AvgIpc) is 3.07. The lowest BCUT2D eigenvalue weighted by atomic mass is 10.1. The zero-order chi connectivity index (χ0) is 18.8. The number of nitrogens with zero attached hydrogens (tertiary/aromatic N) is 6. The van der Waals surface area contributed by atoms with E-state index in [0.717, 1.165) is 54.8 Å². The van der Waals surface area contributed by atoms with Gasteiger partial charge < -0.3 is 15.1 Å². The van der Waals surface area contributed by atoms with Crippen molar-refractivity contribution in [2.24, 2.45) is 13.0 Å². The molecule has 0 spiro atoms. The van der Waals surface area contributed by atoms with E-state index in [-0.39, 0.29) is 5.56 Å². The summed E-state index contributed by atoms with van der Waals surface area (Å²) >= 11 is 0. The van der Waals surface area contributed by atoms with Crippen LogP contribution in [0.3, 0.4) is 0 Å². The summed E-state index contributed by atoms with van der Waals surface area (Å²) in [6.45, 7) is 6.75. The van der Waals surface area contributed by atoms with Crippen molar-refractivity contribution < 1.29 is 0 Å². The molecule has 1 fully saturated rings. The number of hydrogen-bond acceptors (Lipinski definition) is 7. The minimum atomic E-state index is -0.0765. The van der Waals surface area contributed by atoms with E-state index >= 15 is 0 Å². The first-order valence-electron chi connectivity index (χ1n) is 8.90. The molecule has 140 valence electrons. The fourth-order valence-electron chi connectivity index (χ4n) is 3.09. The van der Waals surface area contributed by atoms with E-state index in [4.69, 9.17) is 0 Å². The molecule has 0 aliphatic carbocycles. The summed E-state index contributed by atoms with van der Waals surface area (Å²) in [4.78, 5) is 25.1. The van der Waals surface area contributed by atoms with Gasteiger partial charge in [0, 0.05) is 58.1 Å². The van der Waals surface area contributed by atoms with E-state index in [0.29, 0.717) is 5.92 Å². The quantitative estimate of drug-likeness (QED) is 0.861. The highest BCUT2D eigenvalue weighted by Gasteiger charge is 2.23. The highest BCUT2D eigenvalue weighted by molar-refractivity contribution is 5.50. The predicted molar refractivity (Wildman–Crippen MR) is 104 cm³/mol. The summed E-state index contributed by atoms with van der Waals surface area (Å²) in [6, 6.07) is 1.66. The highest BCUT2D eigenvalue weighted by Crippen LogP contribution is 2.24. The minimum Gasteiger partial charge on any atom is -0.370 e. The number of aryl methyl sites for hydroxylation is 2. The Morgan fingerprint density at radius 1 is 1.31 bits per heavy atom. The fourth-order valence-corrected chi connectivity index (χ4v) is 3.09. The summed E-state index contributed by atoms with van der Waals surface area (Å²) in [5, 5.41) is 7.61. The van der Waals surface area contributed by atoms with E-state index in [1.165, 1.54) is 4.68 Å². The molecule has 1 N–H and O–H groups in total. The second-order valence-corrected chi connectivity index (χ2v) is 7.13. The molecule has 26 heavy (non-hydrogen) atoms. The predicted octanol–water partition coefficient (Wildman–Crippen LogP) is 1.19. The molecule has 3 heterocycles. The van der Waals surface area contributed by atoms with Gasteiger partial charge >= 0.3 is 0 Å². The maximum atomic E-state index is 11.8. The zero-order valence-corrected chi connectivity index (χ0v) is 16.2. The molecular formula is C18H27N7O. The summed E-state index contributed by atoms with van der Waals surface area (Å²) < 4.78 is 1.35. The second kappa shape index (κ2) is 7.31. The molecule has 1 saturated heterocycles. The van der Waals surface area contributed by atoms with Gasteiger partial charge in [0.25, 0.3) is 5.56 Å². The van der Waals surface area contributed by atoms with Crippen molar-refractivity contribution in [2.75, 3.05) is 48.8 Å². The van der Waals surface area contributed by atoms with Crippen LogP contribution in [0.25, 0.3) is 0 Å². The highest BCUT2D eigenvalue weighted by atomic mass is 16.1. The Balaban J connectivity index is 1.65. The third-order valence-corrected chi connectivity index (χ3v) is 4.94. The number of rotatable bonds is 5. The molecule has 2 aromatic heterocycles. The van der Waals surface area contributed by atoms with Gasteiger partial charge in [-0.3, -0.25) is 4.79 Å². The third-order valence-electron chi connectivity index (χ3n) is 4.94. The van der Waals surface area contributed by atoms with E-state index in [9.17, 15) is 4.79 Å². The van der Waals surface area contributed by atoms with Crippen LogP contribution in [-0.2, 0) is 7.05 Å². The topological polar surface area (TPSA) is 79.2 Å². The van der Waals surface area contributed by atoms with Crippen LogP contribution < -0.4 is 20.7 Å². The first-order valence-corrected chi connectivity index (χ1v) is 8.90. The largest absolute Gasteiger partial charge is 0.370 e. The van der Waals surface area contributed by atoms with Crippen LogP contribution in [0.2, 0.25) is 0 Å². The fraction of sp³-hybridized carbons (Fsp3) is 0.556. The van der Waals surface area contributed by atoms with Gasteiger partial charge in [-0.2, -0.15) is 10.1 Å². The van der Waals surface area contributed by atoms with Crippen molar-refractivity contribution in [3.05, 3.63) is 33.9 Å². The van der Waals surface area contributed by atoms with Crippen LogP contribution in [0.15, 0.2) is 17.1 Å². The Morgan fingerprint density at radius 3 is 2.77 bits per heavy atom. The van der Waals surface area contributed by atoms with Gasteiger partial charge in [0.05, 0.1) is 11.9 Å². The van der Waals surface area contributed by atoms with Crippen LogP contribution in [0.5, 0.6) is 0 Å². The minimum absolute atomic E-state index is 0.0765. The van der Waals surface area contributed by atoms with E-state index < -0.39 is 0 Å². The van der Waals surface area contributed by atoms with Crippen molar-refractivity contribution in [2.45, 2.75) is 20.3 Å². The number of nitrogens with one attached hydrogen (secondary N) is 1. The van der Waals surface area contributed by atoms with Crippen LogP contribution in [0.4, 0.5) is 17.5 Å². The Kier molecular flexibility index (Phi) is 5.11. The zero-order valence-electron chi connectivity index (χ0n) is 16.2. The van der Waals surface area contributed by atoms with Gasteiger partial charge in [0.15, 0.2) is 0 Å². The van der Waals surface area contributed by atoms with Crippen molar-refractivity contribution in [1.82, 2.24) is 19.7 Å². The van der Waals surface area contributed by atoms with Crippen molar-refractivity contribution >= 4 is 17.5 Å². The van der Waals surface area contributed by atoms with E-state index in [1.54, 1.807) is 19.3 Å². The maximum Gasteiger partial charge on any atom is 0.268 e. The molecular weight excluding hydrogens is 330 g/mol. The Hall–Kier alpha value is -2.64. The molecule has 3 rings (SSSR count). The van der Waals surface area contributed by atoms with Crippen LogP contribution in [0, 0.1) is 19.8 Å². The van der Waals surface area contributed by atoms with Gasteiger partial charge in [0.1, 0.15) is 5.82 Å². The summed E-state index contributed by atoms with van der Waals surface area (Å²) in [6.07, 6.45) is 2.84. The van der Waals surface area contributed by atoms with Crippen molar-refractivity contribution in [3.8, 4) is 0 Å². The molecule has 0 unspecified atom stereocenters. The molecule has 8 nitrogen and oxygen atoms in total. The van der Waals surface area contributed by atoms with Gasteiger partial charge in [-0.25, -0.2) is 9.67 Å². The molecule has 0 saturated carbocycles. The van der Waals surface area contributed by atoms with E-state index in [2.05, 4.69) is 25.3 Å². The van der Waals surface area contributed by atoms with Gasteiger partial charge in [-0.1, -0.05) is 0 Å². The van der Waals surface area contributed by atoms with Crippen LogP contribution >= 0.6 is 0 Å². The molecule has 0 radical (unpaired) electrons. The molecule has 0 aromatic carbocycles. The molecule has 2 aromatic rings. The van der Waals surface area contributed by atoms with Gasteiger partial charge in [-0.05, 0) is 26.2 Å². The molecule has 1 aliphatic rings. The third kappa shape index (κ3) is 3.79. The SMILES string of the molecule is Cc1nc(N(C)C)nc(NC[C@@H]2CCN(c3cnn(C)c(=O)c3)C2)c1C. The summed E-state index contributed by atoms with van der Waals surface area (Å²) in [5.41, 5.74) is 2.90. The molecule has 8 heteroatoms. The second-order valence-electron chi connectivity index (χ2n) is 7.13. The Labute approximate surface area is 153 Å². The lowest BCUT2D eigenvalue weighted by molar-refractivity contribution is 0.620. The molecule has 1 atom stereocenters. The standard InChI is InChI=1S/C18H27N7O/c1-12-13(2)21-18(23(3)4)22-17(12)19-9-14-6-7-25(11-14)15-8-16(26)24(5)20-10-15/h8,10,14H,6-7,9,11H2,1-5H3,(H,19,21,22)/t14-/m0/s1. The lowest BCUT2D eigenvalue weighted by Gasteiger charge is -2.19. The lowest BCUT2D eigenvalue weighted by Crippen LogP contribution is -2.26. The van der Waals surface area contributed by atoms with Crippen molar-refractivity contribution in [3.63, 3.8) is 0 Å². The molecule has 0 amide bonds. The van der Waals surface area contributed by atoms with Crippen LogP contribution in [0.1, 0.15) is 17.7 Å². The summed E-state index contributed by atoms with van der Waals surface area (Å²) in [5.74, 6) is 2.11. The monoisotopic (exact) mass is 357 g/mol. The van der Waals surface area contributed by atoms with Crippen LogP contribution in [-0.4, -0.2) is 53.5 Å². The Morgan fingerprint density at radius 2 is 2.08 bits per heavy atom. The molecule has 1 aliphatic heterocycles. The first-order chi connectivity index (χ1) is 12.3. The normalized spacial score (nSPS) is 16.8. The summed E-state index contributed by atoms with van der Waals surface area (Å²) in [7, 11) is 5.55. The molecule has 0 bridgehead atoms. The van der Waals surface area contributed by atoms with Crippen molar-refractivity contribution in [1.29, 1.82) is 0 Å². The first kappa shape index (κ1) is 18.2. The van der Waals surface area contributed by atoms with E-state index in [1.807, 2.05) is 32.8 Å². The Bertz CT molecular complexity index is 846. The number of anilines is 3. The average molecular weight is 357 g/mol.